The van der Waals surface area contributed by atoms with Gasteiger partial charge in [-0.05, 0) is 29.8 Å². The number of ether oxygens (including phenoxy) is 3. The second-order valence-electron chi connectivity index (χ2n) is 5.58. The van der Waals surface area contributed by atoms with Gasteiger partial charge in [-0.3, -0.25) is 0 Å². The molecule has 0 radical (unpaired) electrons. The molecule has 1 aromatic rings. The Bertz CT molecular complexity index is 917. The molecule has 2 aliphatic heterocycles. The van der Waals surface area contributed by atoms with E-state index in [0.717, 1.165) is 0 Å². The van der Waals surface area contributed by atoms with E-state index in [1.807, 2.05) is 0 Å². The Hall–Kier alpha value is -2.81. The van der Waals surface area contributed by atoms with Gasteiger partial charge in [-0.2, -0.15) is 0 Å². The molecule has 2 heterocycles. The van der Waals surface area contributed by atoms with Crippen LogP contribution < -0.4 is 9.47 Å². The molecular weight excluding hydrogens is 360 g/mol. The molecule has 0 amide bonds. The summed E-state index contributed by atoms with van der Waals surface area (Å²) in [4.78, 5) is 14.1. The van der Waals surface area contributed by atoms with E-state index in [9.17, 15) is 13.2 Å². The zero-order valence-corrected chi connectivity index (χ0v) is 15.2. The molecule has 0 aromatic heterocycles. The highest BCUT2D eigenvalue weighted by Gasteiger charge is 2.30. The zero-order chi connectivity index (χ0) is 18.7. The van der Waals surface area contributed by atoms with Crippen LogP contribution in [0.2, 0.25) is 0 Å². The maximum Gasteiger partial charge on any atom is 0.342 e. The van der Waals surface area contributed by atoms with Crippen molar-refractivity contribution in [1.82, 2.24) is 4.90 Å². The number of esters is 1. The van der Waals surface area contributed by atoms with Crippen LogP contribution in [0.15, 0.2) is 46.5 Å². The molecule has 1 aromatic carbocycles. The second-order valence-corrected chi connectivity index (χ2v) is 7.34. The van der Waals surface area contributed by atoms with Crippen molar-refractivity contribution in [2.45, 2.75) is 6.61 Å². The van der Waals surface area contributed by atoms with Crippen molar-refractivity contribution in [3.05, 3.63) is 47.7 Å². The van der Waals surface area contributed by atoms with E-state index in [1.165, 1.54) is 20.3 Å². The molecule has 0 bridgehead atoms. The van der Waals surface area contributed by atoms with Crippen molar-refractivity contribution >= 4 is 21.8 Å². The number of fused-ring (bicyclic) bond motifs is 1. The number of nitrogens with zero attached hydrogens (tertiary/aromatic N) is 2. The molecular formula is C17H18N2O6S. The van der Waals surface area contributed by atoms with Gasteiger partial charge in [-0.15, -0.1) is 4.40 Å². The van der Waals surface area contributed by atoms with Crippen LogP contribution in [0.4, 0.5) is 0 Å². The average molecular weight is 378 g/mol. The van der Waals surface area contributed by atoms with E-state index in [4.69, 9.17) is 14.2 Å². The third-order valence-electron chi connectivity index (χ3n) is 3.90. The fourth-order valence-corrected chi connectivity index (χ4v) is 3.56. The van der Waals surface area contributed by atoms with Crippen LogP contribution in [-0.2, 0) is 26.2 Å². The third kappa shape index (κ3) is 3.72. The quantitative estimate of drug-likeness (QED) is 0.712. The molecule has 138 valence electrons. The number of benzene rings is 1. The number of allylic oxidation sites excluding steroid dienone is 2. The molecule has 0 aliphatic carbocycles. The minimum atomic E-state index is -3.57. The summed E-state index contributed by atoms with van der Waals surface area (Å²) in [6.07, 6.45) is 4.83. The molecule has 0 saturated heterocycles. The Morgan fingerprint density at radius 3 is 2.73 bits per heavy atom. The number of hydrogen-bond acceptors (Lipinski definition) is 7. The van der Waals surface area contributed by atoms with Gasteiger partial charge in [0.05, 0.1) is 20.0 Å². The van der Waals surface area contributed by atoms with Crippen LogP contribution in [0.25, 0.3) is 0 Å². The fraction of sp³-hybridized carbons (Fsp3) is 0.294. The first kappa shape index (κ1) is 18.0. The Balaban J connectivity index is 1.75. The largest absolute Gasteiger partial charge is 0.493 e. The summed E-state index contributed by atoms with van der Waals surface area (Å²) in [6.45, 7) is 0.248. The van der Waals surface area contributed by atoms with E-state index in [0.29, 0.717) is 17.1 Å². The molecule has 26 heavy (non-hydrogen) atoms. The van der Waals surface area contributed by atoms with Crippen LogP contribution >= 0.6 is 0 Å². The van der Waals surface area contributed by atoms with Gasteiger partial charge >= 0.3 is 5.97 Å². The van der Waals surface area contributed by atoms with E-state index in [2.05, 4.69) is 4.40 Å². The van der Waals surface area contributed by atoms with Crippen molar-refractivity contribution < 1.29 is 27.4 Å². The molecule has 0 fully saturated rings. The minimum absolute atomic E-state index is 0.000270. The molecule has 3 rings (SSSR count). The van der Waals surface area contributed by atoms with Crippen molar-refractivity contribution in [1.29, 1.82) is 0 Å². The first-order valence-electron chi connectivity index (χ1n) is 7.79. The number of amidine groups is 1. The molecule has 9 heteroatoms. The molecule has 0 N–H and O–H groups in total. The molecule has 2 aliphatic rings. The van der Waals surface area contributed by atoms with Gasteiger partial charge in [0.1, 0.15) is 12.2 Å². The number of hydrogen-bond donors (Lipinski definition) is 0. The van der Waals surface area contributed by atoms with E-state index in [-0.39, 0.29) is 30.3 Å². The highest BCUT2D eigenvalue weighted by atomic mass is 32.2. The normalized spacial score (nSPS) is 17.7. The van der Waals surface area contributed by atoms with E-state index in [1.54, 1.807) is 35.4 Å². The predicted molar refractivity (Wildman–Crippen MR) is 94.5 cm³/mol. The standard InChI is InChI=1S/C17H18N2O6S/c1-23-14-6-5-12(10-15(14)24-2)11-25-17(20)13-4-3-7-19-8-9-26(21,22)18-16(13)19/h3-7,10H,8-9,11H2,1-2H3. The number of carbonyl (C=O) groups is 1. The molecule has 0 atom stereocenters. The number of sulfonamides is 1. The Morgan fingerprint density at radius 1 is 1.23 bits per heavy atom. The maximum atomic E-state index is 12.4. The lowest BCUT2D eigenvalue weighted by atomic mass is 10.1. The summed E-state index contributed by atoms with van der Waals surface area (Å²) >= 11 is 0. The van der Waals surface area contributed by atoms with Crippen LogP contribution in [0.1, 0.15) is 5.56 Å². The Labute approximate surface area is 151 Å². The SMILES string of the molecule is COc1ccc(COC(=O)C2=CC=CN3CCS(=O)(=O)N=C23)cc1OC. The van der Waals surface area contributed by atoms with Crippen molar-refractivity contribution in [3.8, 4) is 11.5 Å². The van der Waals surface area contributed by atoms with Gasteiger partial charge in [0.15, 0.2) is 17.3 Å². The predicted octanol–water partition coefficient (Wildman–Crippen LogP) is 1.24. The van der Waals surface area contributed by atoms with Gasteiger partial charge in [0.25, 0.3) is 10.0 Å². The molecule has 0 spiro atoms. The minimum Gasteiger partial charge on any atom is -0.493 e. The monoisotopic (exact) mass is 378 g/mol. The smallest absolute Gasteiger partial charge is 0.342 e. The maximum absolute atomic E-state index is 12.4. The summed E-state index contributed by atoms with van der Waals surface area (Å²) in [5, 5.41) is 0. The van der Waals surface area contributed by atoms with Crippen LogP contribution in [-0.4, -0.2) is 51.6 Å². The molecule has 8 nitrogen and oxygen atoms in total. The highest BCUT2D eigenvalue weighted by Crippen LogP contribution is 2.28. The van der Waals surface area contributed by atoms with Gasteiger partial charge in [-0.25, -0.2) is 13.2 Å². The first-order chi connectivity index (χ1) is 12.4. The number of rotatable bonds is 5. The first-order valence-corrected chi connectivity index (χ1v) is 9.40. The summed E-state index contributed by atoms with van der Waals surface area (Å²) < 4.78 is 42.9. The average Bonchev–Trinajstić information content (AvgIpc) is 2.64. The fourth-order valence-electron chi connectivity index (χ4n) is 2.57. The van der Waals surface area contributed by atoms with Crippen LogP contribution in [0.5, 0.6) is 11.5 Å². The summed E-state index contributed by atoms with van der Waals surface area (Å²) in [7, 11) is -0.520. The summed E-state index contributed by atoms with van der Waals surface area (Å²) in [6, 6.07) is 5.17. The third-order valence-corrected chi connectivity index (χ3v) is 5.04. The Morgan fingerprint density at radius 2 is 2.00 bits per heavy atom. The van der Waals surface area contributed by atoms with Crippen LogP contribution in [0, 0.1) is 0 Å². The van der Waals surface area contributed by atoms with Crippen molar-refractivity contribution in [3.63, 3.8) is 0 Å². The lowest BCUT2D eigenvalue weighted by molar-refractivity contribution is -0.139. The Kier molecular flexibility index (Phi) is 4.99. The van der Waals surface area contributed by atoms with Gasteiger partial charge in [0, 0.05) is 12.7 Å². The highest BCUT2D eigenvalue weighted by molar-refractivity contribution is 7.90. The summed E-state index contributed by atoms with van der Waals surface area (Å²) in [5.41, 5.74) is 0.814. The molecule has 0 saturated carbocycles. The lowest BCUT2D eigenvalue weighted by Crippen LogP contribution is -2.40. The lowest BCUT2D eigenvalue weighted by Gasteiger charge is -2.28. The van der Waals surface area contributed by atoms with E-state index >= 15 is 0 Å². The molecule has 0 unspecified atom stereocenters. The van der Waals surface area contributed by atoms with Crippen molar-refractivity contribution in [2.24, 2.45) is 4.40 Å². The van der Waals surface area contributed by atoms with Gasteiger partial charge < -0.3 is 19.1 Å². The van der Waals surface area contributed by atoms with Gasteiger partial charge in [-0.1, -0.05) is 6.07 Å². The summed E-state index contributed by atoms with van der Waals surface area (Å²) in [5.74, 6) is 0.449. The number of carbonyl (C=O) groups excluding carboxylic acids is 1. The zero-order valence-electron chi connectivity index (χ0n) is 14.3. The van der Waals surface area contributed by atoms with Gasteiger partial charge in [0.2, 0.25) is 0 Å². The van der Waals surface area contributed by atoms with E-state index < -0.39 is 16.0 Å². The topological polar surface area (TPSA) is 94.5 Å². The second kappa shape index (κ2) is 7.20. The van der Waals surface area contributed by atoms with Crippen LogP contribution in [0.3, 0.4) is 0 Å². The number of methoxy groups -OCH3 is 2. The van der Waals surface area contributed by atoms with Crippen molar-refractivity contribution in [2.75, 3.05) is 26.5 Å².